The van der Waals surface area contributed by atoms with Gasteiger partial charge in [-0.3, -0.25) is 19.2 Å². The fourth-order valence-electron chi connectivity index (χ4n) is 13.2. The van der Waals surface area contributed by atoms with Crippen molar-refractivity contribution in [1.29, 1.82) is 0 Å². The summed E-state index contributed by atoms with van der Waals surface area (Å²) >= 11 is 0. The van der Waals surface area contributed by atoms with Crippen molar-refractivity contribution in [3.63, 3.8) is 0 Å². The standard InChI is InChI=1S/C79H100N4O21/c1-13-58(53-41-68(95-7)74(99-11)69(42-53)96-8)76(87)82-35-17-15-25-60(82)78(89)103-62(31-27-49-29-33-64(91-3)66(37-49)93-5)51-21-19-23-56(39-51)101-47-72(85)80-45-55(84)46-81-73(86)48-102-57-24-20-22-52(40-57)63(32-28-50-30-34-65(92-4)67(38-50)94-6)104-79(90)61-26-16-18-36-83(61)77(88)59(14-2)54-43-70(97-9)75(100-12)71(44-54)98-10/h19-24,29-30,33-34,37-44,55,58-63,84H,13-18,25-28,31-32,35-36,45-48H2,1-12H3,(H,80,85)(H,81,86)/t55?,58-,59-,60-,61-,62+,63?/m0/s1. The SMILES string of the molecule is CC[C@H](C(=O)N1CCCC[C@H]1C(=O)OC(CCc1ccc(OC)c(OC)c1)c1cccc(OCC(=O)NCC(O)CNC(=O)COc2cccc([C@@H](CCc3ccc(OC)c(OC)c3)OC(=O)[C@@H]3CCCCN3C(=O)[C@@H](CC)c3cc(OC)c(OC)c(OC)c3)c2)c1)c1cc(OC)c(OC)c(OC)c1. The maximum Gasteiger partial charge on any atom is 0.329 e. The van der Waals surface area contributed by atoms with E-state index in [1.807, 2.05) is 38.1 Å². The minimum Gasteiger partial charge on any atom is -0.493 e. The number of hydrogen-bond acceptors (Lipinski definition) is 21. The Bertz CT molecular complexity index is 3570. The van der Waals surface area contributed by atoms with Crippen LogP contribution < -0.4 is 67.5 Å². The highest BCUT2D eigenvalue weighted by molar-refractivity contribution is 5.90. The molecule has 562 valence electrons. The van der Waals surface area contributed by atoms with Gasteiger partial charge >= 0.3 is 11.9 Å². The van der Waals surface area contributed by atoms with Gasteiger partial charge < -0.3 is 91.9 Å². The molecule has 6 aromatic carbocycles. The average Bonchev–Trinajstić information content (AvgIpc) is 0.798. The quantitative estimate of drug-likeness (QED) is 0.0304. The van der Waals surface area contributed by atoms with E-state index in [0.717, 1.165) is 11.1 Å². The number of piperidine rings is 2. The van der Waals surface area contributed by atoms with Crippen LogP contribution in [-0.4, -0.2) is 179 Å². The molecule has 25 heteroatoms. The van der Waals surface area contributed by atoms with Crippen LogP contribution in [0.2, 0.25) is 0 Å². The average molecular weight is 1440 g/mol. The van der Waals surface area contributed by atoms with Crippen molar-refractivity contribution in [3.05, 3.63) is 143 Å². The molecule has 0 aromatic heterocycles. The topological polar surface area (TPSA) is 282 Å². The lowest BCUT2D eigenvalue weighted by atomic mass is 9.91. The first kappa shape index (κ1) is 79.4. The van der Waals surface area contributed by atoms with Crippen LogP contribution in [0.4, 0.5) is 0 Å². The van der Waals surface area contributed by atoms with Crippen LogP contribution in [0.1, 0.15) is 135 Å². The Morgan fingerprint density at radius 1 is 0.433 bits per heavy atom. The van der Waals surface area contributed by atoms with Gasteiger partial charge in [0.25, 0.3) is 11.8 Å². The summed E-state index contributed by atoms with van der Waals surface area (Å²) in [4.78, 5) is 88.3. The van der Waals surface area contributed by atoms with E-state index in [1.54, 1.807) is 123 Å². The molecule has 6 aromatic rings. The Morgan fingerprint density at radius 2 is 0.798 bits per heavy atom. The number of aryl methyl sites for hydroxylation is 2. The first-order chi connectivity index (χ1) is 50.4. The number of aliphatic hydroxyl groups excluding tert-OH is 1. The van der Waals surface area contributed by atoms with Gasteiger partial charge in [0.1, 0.15) is 35.8 Å². The van der Waals surface area contributed by atoms with Gasteiger partial charge in [-0.2, -0.15) is 0 Å². The molecule has 0 spiro atoms. The number of likely N-dealkylation sites (tertiary alicyclic amines) is 2. The fraction of sp³-hybridized carbons (Fsp3) is 0.468. The summed E-state index contributed by atoms with van der Waals surface area (Å²) < 4.78 is 80.5. The second-order valence-corrected chi connectivity index (χ2v) is 25.2. The first-order valence-electron chi connectivity index (χ1n) is 35.1. The molecular formula is C79H100N4O21. The highest BCUT2D eigenvalue weighted by Gasteiger charge is 2.40. The Kier molecular flexibility index (Phi) is 30.1. The third-order valence-corrected chi connectivity index (χ3v) is 18.8. The highest BCUT2D eigenvalue weighted by atomic mass is 16.6. The summed E-state index contributed by atoms with van der Waals surface area (Å²) in [6.45, 7) is 3.18. The molecular weight excluding hydrogens is 1340 g/mol. The molecule has 8 rings (SSSR count). The summed E-state index contributed by atoms with van der Waals surface area (Å²) in [6, 6.07) is 30.2. The lowest BCUT2D eigenvalue weighted by Crippen LogP contribution is -2.50. The van der Waals surface area contributed by atoms with Crippen molar-refractivity contribution in [2.45, 2.75) is 133 Å². The van der Waals surface area contributed by atoms with Crippen molar-refractivity contribution >= 4 is 35.6 Å². The summed E-state index contributed by atoms with van der Waals surface area (Å²) in [5.74, 6) is 1.23. The summed E-state index contributed by atoms with van der Waals surface area (Å²) in [6.07, 6.45) is 3.13. The maximum absolute atomic E-state index is 14.7. The number of ether oxygens (including phenoxy) is 14. The predicted molar refractivity (Wildman–Crippen MR) is 386 cm³/mol. The van der Waals surface area contributed by atoms with Crippen molar-refractivity contribution in [1.82, 2.24) is 20.4 Å². The number of amides is 4. The van der Waals surface area contributed by atoms with Crippen LogP contribution in [0.3, 0.4) is 0 Å². The van der Waals surface area contributed by atoms with Crippen molar-refractivity contribution < 1.29 is 100 Å². The molecule has 2 fully saturated rings. The lowest BCUT2D eigenvalue weighted by Gasteiger charge is -2.37. The molecule has 2 aliphatic heterocycles. The van der Waals surface area contributed by atoms with E-state index in [4.69, 9.17) is 66.3 Å². The van der Waals surface area contributed by atoms with Crippen molar-refractivity contribution in [2.24, 2.45) is 0 Å². The van der Waals surface area contributed by atoms with Crippen LogP contribution in [-0.2, 0) is 51.1 Å². The van der Waals surface area contributed by atoms with Gasteiger partial charge in [-0.15, -0.1) is 0 Å². The number of carbonyl (C=O) groups is 6. The fourth-order valence-corrected chi connectivity index (χ4v) is 13.2. The van der Waals surface area contributed by atoms with E-state index in [-0.39, 0.29) is 24.9 Å². The molecule has 0 aliphatic carbocycles. The second-order valence-electron chi connectivity index (χ2n) is 25.2. The third-order valence-electron chi connectivity index (χ3n) is 18.8. The molecule has 2 heterocycles. The largest absolute Gasteiger partial charge is 0.493 e. The number of nitrogens with one attached hydrogen (secondary N) is 2. The van der Waals surface area contributed by atoms with E-state index >= 15 is 0 Å². The van der Waals surface area contributed by atoms with Crippen LogP contribution in [0.25, 0.3) is 0 Å². The lowest BCUT2D eigenvalue weighted by molar-refractivity contribution is -0.162. The molecule has 0 radical (unpaired) electrons. The van der Waals surface area contributed by atoms with Gasteiger partial charge in [0.2, 0.25) is 23.3 Å². The van der Waals surface area contributed by atoms with Gasteiger partial charge in [-0.05, 0) is 183 Å². The number of nitrogens with zero attached hydrogens (tertiary/aromatic N) is 2. The van der Waals surface area contributed by atoms with Crippen LogP contribution in [0.15, 0.2) is 109 Å². The zero-order valence-corrected chi connectivity index (χ0v) is 61.7. The van der Waals surface area contributed by atoms with E-state index in [9.17, 15) is 33.9 Å². The predicted octanol–water partition coefficient (Wildman–Crippen LogP) is 10.4. The molecule has 2 aliphatic rings. The summed E-state index contributed by atoms with van der Waals surface area (Å²) in [5.41, 5.74) is 4.24. The minimum atomic E-state index is -1.20. The zero-order valence-electron chi connectivity index (χ0n) is 61.7. The highest BCUT2D eigenvalue weighted by Crippen LogP contribution is 2.44. The van der Waals surface area contributed by atoms with Gasteiger partial charge in [0.05, 0.1) is 89.0 Å². The Balaban J connectivity index is 0.878. The molecule has 104 heavy (non-hydrogen) atoms. The van der Waals surface area contributed by atoms with Crippen molar-refractivity contribution in [3.8, 4) is 69.0 Å². The molecule has 4 amide bonds. The van der Waals surface area contributed by atoms with Crippen LogP contribution >= 0.6 is 0 Å². The van der Waals surface area contributed by atoms with Gasteiger partial charge in [-0.1, -0.05) is 50.2 Å². The summed E-state index contributed by atoms with van der Waals surface area (Å²) in [5, 5.41) is 16.2. The number of hydrogen-bond donors (Lipinski definition) is 3. The molecule has 25 nitrogen and oxygen atoms in total. The molecule has 2 unspecified atom stereocenters. The summed E-state index contributed by atoms with van der Waals surface area (Å²) in [7, 11) is 15.3. The van der Waals surface area contributed by atoms with Gasteiger partial charge in [0, 0.05) is 26.2 Å². The molecule has 3 N–H and O–H groups in total. The normalized spacial score (nSPS) is 15.6. The molecule has 7 atom stereocenters. The van der Waals surface area contributed by atoms with E-state index < -0.39 is 79.2 Å². The van der Waals surface area contributed by atoms with Gasteiger partial charge in [0.15, 0.2) is 59.2 Å². The number of benzene rings is 6. The second kappa shape index (κ2) is 39.4. The monoisotopic (exact) mass is 1440 g/mol. The number of rotatable bonds is 38. The number of carbonyl (C=O) groups excluding carboxylic acids is 6. The Hall–Kier alpha value is -10.3. The smallest absolute Gasteiger partial charge is 0.329 e. The number of aliphatic hydroxyl groups is 1. The zero-order chi connectivity index (χ0) is 74.8. The Morgan fingerprint density at radius 3 is 1.13 bits per heavy atom. The Labute approximate surface area is 608 Å². The third kappa shape index (κ3) is 20.5. The molecule has 0 saturated carbocycles. The molecule has 0 bridgehead atoms. The number of methoxy groups -OCH3 is 10. The van der Waals surface area contributed by atoms with Gasteiger partial charge in [-0.25, -0.2) is 9.59 Å². The molecule has 2 saturated heterocycles. The van der Waals surface area contributed by atoms with E-state index in [2.05, 4.69) is 10.6 Å². The van der Waals surface area contributed by atoms with Crippen molar-refractivity contribution in [2.75, 3.05) is 110 Å². The maximum atomic E-state index is 14.7. The first-order valence-corrected chi connectivity index (χ1v) is 35.1. The van der Waals surface area contributed by atoms with Crippen LogP contribution in [0, 0.1) is 0 Å². The minimum absolute atomic E-state index is 0.229. The van der Waals surface area contributed by atoms with E-state index in [0.29, 0.717) is 181 Å². The van der Waals surface area contributed by atoms with Crippen LogP contribution in [0.5, 0.6) is 69.0 Å². The number of esters is 2. The van der Waals surface area contributed by atoms with E-state index in [1.165, 1.54) is 42.7 Å².